The maximum Gasteiger partial charge on any atom is 0.269 e. The Balaban J connectivity index is 0.000000244. The van der Waals surface area contributed by atoms with Crippen LogP contribution < -0.4 is 21.5 Å². The van der Waals surface area contributed by atoms with E-state index in [0.29, 0.717) is 54.7 Å². The van der Waals surface area contributed by atoms with Gasteiger partial charge < -0.3 is 30.0 Å². The van der Waals surface area contributed by atoms with Crippen molar-refractivity contribution in [1.29, 1.82) is 0 Å². The van der Waals surface area contributed by atoms with Crippen molar-refractivity contribution in [2.75, 3.05) is 23.8 Å². The van der Waals surface area contributed by atoms with Gasteiger partial charge in [0.05, 0.1) is 34.4 Å². The minimum Gasteiger partial charge on any atom is -0.418 e. The lowest BCUT2D eigenvalue weighted by Crippen LogP contribution is -2.56. The first-order chi connectivity index (χ1) is 29.2. The third kappa shape index (κ3) is 13.5. The minimum absolute atomic E-state index is 0.224. The average Bonchev–Trinajstić information content (AvgIpc) is 3.98. The first-order valence-electron chi connectivity index (χ1n) is 19.1. The lowest BCUT2D eigenvalue weighted by molar-refractivity contribution is -0.127. The number of hydrogen-bond donors (Lipinski definition) is 6. The van der Waals surface area contributed by atoms with Gasteiger partial charge in [0.2, 0.25) is 23.2 Å². The summed E-state index contributed by atoms with van der Waals surface area (Å²) in [7, 11) is 0. The molecule has 1 aliphatic heterocycles. The van der Waals surface area contributed by atoms with Crippen LogP contribution in [0, 0.1) is 27.0 Å². The van der Waals surface area contributed by atoms with Crippen molar-refractivity contribution in [3.8, 4) is 11.5 Å². The van der Waals surface area contributed by atoms with Gasteiger partial charge >= 0.3 is 0 Å². The first-order valence-corrected chi connectivity index (χ1v) is 20.6. The highest BCUT2D eigenvalue weighted by atomic mass is 35.5. The molecular formula is C44H46Cl4N8O6. The summed E-state index contributed by atoms with van der Waals surface area (Å²) in [4.78, 5) is 31.5. The summed E-state index contributed by atoms with van der Waals surface area (Å²) in [5.41, 5.74) is 5.99. The third-order valence-corrected chi connectivity index (χ3v) is 10.7. The summed E-state index contributed by atoms with van der Waals surface area (Å²) < 4.78 is 10.8. The molecule has 2 atom stereocenters. The molecule has 1 aliphatic rings. The molecule has 0 bridgehead atoms. The predicted octanol–water partition coefficient (Wildman–Crippen LogP) is 10.5. The number of aromatic nitrogens is 2. The van der Waals surface area contributed by atoms with Gasteiger partial charge in [0.1, 0.15) is 12.1 Å². The Hall–Kier alpha value is -5.42. The van der Waals surface area contributed by atoms with Gasteiger partial charge in [0.15, 0.2) is 0 Å². The van der Waals surface area contributed by atoms with Gasteiger partial charge in [-0.15, -0.1) is 10.2 Å². The number of halogens is 4. The van der Waals surface area contributed by atoms with E-state index in [0.717, 1.165) is 18.8 Å². The summed E-state index contributed by atoms with van der Waals surface area (Å²) in [5, 5.41) is 37.2. The van der Waals surface area contributed by atoms with E-state index in [1.54, 1.807) is 82.3 Å². The molecular weight excluding hydrogens is 878 g/mol. The summed E-state index contributed by atoms with van der Waals surface area (Å²) in [6, 6.07) is 17.8. The van der Waals surface area contributed by atoms with E-state index in [9.17, 15) is 19.8 Å². The fraction of sp³-hybridized carbons (Fsp3) is 0.318. The van der Waals surface area contributed by atoms with E-state index >= 15 is 0 Å². The highest BCUT2D eigenvalue weighted by Crippen LogP contribution is 2.38. The van der Waals surface area contributed by atoms with Crippen LogP contribution in [-0.2, 0) is 9.53 Å². The van der Waals surface area contributed by atoms with Crippen molar-refractivity contribution in [2.24, 2.45) is 0 Å². The minimum atomic E-state index is -1.48. The largest absolute Gasteiger partial charge is 0.418 e. The molecule has 1 fully saturated rings. The highest BCUT2D eigenvalue weighted by Gasteiger charge is 2.35. The molecule has 0 unspecified atom stereocenters. The molecule has 0 radical (unpaired) electrons. The SMILES string of the molecule is C1CCOC1.[C-]#[N+]c1ccc(N[C@@H](C(=O)NNC(=O)c2ccc(Cl)cc2)C(C)(C)O)c(C)c1Cl.[C-]#[N+]c1ccc(N[C@@H](c2nnc(-c3ccc(Cl)cc3)o2)C(C)(C)O)c(C)c1Cl. The summed E-state index contributed by atoms with van der Waals surface area (Å²) in [5.74, 6) is -0.655. The van der Waals surface area contributed by atoms with Crippen molar-refractivity contribution in [1.82, 2.24) is 21.0 Å². The van der Waals surface area contributed by atoms with Crippen LogP contribution in [0.2, 0.25) is 20.1 Å². The molecule has 6 rings (SSSR count). The molecule has 326 valence electrons. The molecule has 1 aromatic heterocycles. The molecule has 14 nitrogen and oxygen atoms in total. The number of nitrogens with zero attached hydrogens (tertiary/aromatic N) is 4. The number of carbonyl (C=O) groups is 2. The third-order valence-electron chi connectivity index (χ3n) is 9.26. The number of hydrogen-bond acceptors (Lipinski definition) is 10. The molecule has 2 amide bonds. The van der Waals surface area contributed by atoms with E-state index in [4.69, 9.17) is 68.7 Å². The molecule has 6 N–H and O–H groups in total. The number of hydrazine groups is 1. The molecule has 0 spiro atoms. The molecule has 2 heterocycles. The number of amides is 2. The van der Waals surface area contributed by atoms with Crippen LogP contribution in [0.4, 0.5) is 22.7 Å². The zero-order valence-electron chi connectivity index (χ0n) is 34.7. The summed E-state index contributed by atoms with van der Waals surface area (Å²) in [6.07, 6.45) is 2.56. The number of rotatable bonds is 10. The van der Waals surface area contributed by atoms with Crippen LogP contribution in [0.3, 0.4) is 0 Å². The molecule has 5 aromatic rings. The van der Waals surface area contributed by atoms with Crippen LogP contribution in [-0.4, -0.2) is 62.7 Å². The highest BCUT2D eigenvalue weighted by molar-refractivity contribution is 6.35. The Bertz CT molecular complexity index is 2410. The van der Waals surface area contributed by atoms with Crippen LogP contribution in [0.1, 0.15) is 74.0 Å². The zero-order valence-corrected chi connectivity index (χ0v) is 37.8. The maximum absolute atomic E-state index is 12.7. The molecule has 62 heavy (non-hydrogen) atoms. The van der Waals surface area contributed by atoms with Gasteiger partial charge in [-0.05, 0) is 126 Å². The molecule has 0 aliphatic carbocycles. The smallest absolute Gasteiger partial charge is 0.269 e. The Kier molecular flexibility index (Phi) is 17.5. The Morgan fingerprint density at radius 3 is 1.66 bits per heavy atom. The number of carbonyl (C=O) groups excluding carboxylic acids is 2. The zero-order chi connectivity index (χ0) is 45.8. The topological polar surface area (TPSA) is 180 Å². The van der Waals surface area contributed by atoms with Crippen LogP contribution >= 0.6 is 46.4 Å². The lowest BCUT2D eigenvalue weighted by atomic mass is 9.97. The van der Waals surface area contributed by atoms with Crippen LogP contribution in [0.5, 0.6) is 0 Å². The Morgan fingerprint density at radius 2 is 1.21 bits per heavy atom. The molecule has 4 aromatic carbocycles. The van der Waals surface area contributed by atoms with Crippen molar-refractivity contribution in [3.63, 3.8) is 0 Å². The lowest BCUT2D eigenvalue weighted by Gasteiger charge is -2.30. The van der Waals surface area contributed by atoms with Crippen molar-refractivity contribution >= 4 is 81.0 Å². The molecule has 1 saturated heterocycles. The summed E-state index contributed by atoms with van der Waals surface area (Å²) in [6.45, 7) is 26.0. The van der Waals surface area contributed by atoms with Gasteiger partial charge in [-0.2, -0.15) is 0 Å². The van der Waals surface area contributed by atoms with Crippen molar-refractivity contribution in [3.05, 3.63) is 138 Å². The fourth-order valence-corrected chi connectivity index (χ4v) is 6.34. The maximum atomic E-state index is 12.7. The van der Waals surface area contributed by atoms with E-state index < -0.39 is 35.1 Å². The number of anilines is 2. The van der Waals surface area contributed by atoms with Crippen molar-refractivity contribution in [2.45, 2.75) is 77.7 Å². The number of aliphatic hydroxyl groups is 2. The molecule has 0 saturated carbocycles. The van der Waals surface area contributed by atoms with Crippen LogP contribution in [0.25, 0.3) is 21.1 Å². The quantitative estimate of drug-likeness (QED) is 0.0583. The van der Waals surface area contributed by atoms with Crippen molar-refractivity contribution < 1.29 is 29.0 Å². The normalized spacial score (nSPS) is 13.1. The monoisotopic (exact) mass is 922 g/mol. The second kappa shape index (κ2) is 22.1. The van der Waals surface area contributed by atoms with E-state index in [-0.39, 0.29) is 16.6 Å². The van der Waals surface area contributed by atoms with Crippen LogP contribution in [0.15, 0.2) is 77.2 Å². The Morgan fingerprint density at radius 1 is 0.710 bits per heavy atom. The second-order valence-electron chi connectivity index (χ2n) is 15.1. The summed E-state index contributed by atoms with van der Waals surface area (Å²) >= 11 is 24.1. The average molecular weight is 925 g/mol. The fourth-order valence-electron chi connectivity index (χ4n) is 5.68. The number of benzene rings is 4. The number of nitrogens with one attached hydrogen (secondary N) is 4. The van der Waals surface area contributed by atoms with Gasteiger partial charge in [-0.3, -0.25) is 20.4 Å². The van der Waals surface area contributed by atoms with Gasteiger partial charge in [0.25, 0.3) is 11.8 Å². The standard InChI is InChI=1S/C20H20Cl2N4O3.C20H18Cl2N4O2.C4H8O/c1-11-14(9-10-15(23-4)16(11)22)24-17(20(2,3)29)19(28)26-25-18(27)12-5-7-13(21)8-6-12;1-11-14(9-10-15(23-4)16(11)22)24-17(20(2,3)27)19-26-25-18(28-19)12-5-7-13(21)8-6-12;1-2-4-5-3-1/h5-10,17,24,29H,1-3H3,(H,25,27)(H,26,28);5-10,17,24,27H,1-3H3;1-4H2/t2*17-;/m00./s1. The molecule has 18 heteroatoms. The van der Waals surface area contributed by atoms with Gasteiger partial charge in [0, 0.05) is 45.8 Å². The van der Waals surface area contributed by atoms with Gasteiger partial charge in [-0.25, -0.2) is 9.69 Å². The van der Waals surface area contributed by atoms with E-state index in [1.807, 2.05) is 0 Å². The van der Waals surface area contributed by atoms with E-state index in [2.05, 4.69) is 41.4 Å². The second-order valence-corrected chi connectivity index (χ2v) is 16.7. The first kappa shape index (κ1) is 49.2. The van der Waals surface area contributed by atoms with E-state index in [1.165, 1.54) is 44.9 Å². The van der Waals surface area contributed by atoms with Gasteiger partial charge in [-0.1, -0.05) is 58.5 Å². The number of ether oxygens (including phenoxy) is 1. The predicted molar refractivity (Wildman–Crippen MR) is 243 cm³/mol. The Labute approximate surface area is 380 Å².